The average molecular weight is 489 g/mol. The van der Waals surface area contributed by atoms with E-state index in [4.69, 9.17) is 22.2 Å². The number of aromatic nitrogens is 1. The number of para-hydroxylation sites is 1. The van der Waals surface area contributed by atoms with Crippen molar-refractivity contribution < 1.29 is 28.7 Å². The molecule has 34 heavy (non-hydrogen) atoms. The van der Waals surface area contributed by atoms with Gasteiger partial charge in [0, 0.05) is 30.2 Å². The predicted molar refractivity (Wildman–Crippen MR) is 121 cm³/mol. The van der Waals surface area contributed by atoms with Crippen molar-refractivity contribution in [3.8, 4) is 0 Å². The highest BCUT2D eigenvalue weighted by Gasteiger charge is 2.41. The third kappa shape index (κ3) is 4.68. The van der Waals surface area contributed by atoms with Gasteiger partial charge in [0.05, 0.1) is 23.1 Å². The number of primary amides is 1. The minimum absolute atomic E-state index is 0.0658. The maximum absolute atomic E-state index is 14.1. The van der Waals surface area contributed by atoms with Crippen LogP contribution in [-0.4, -0.2) is 51.3 Å². The van der Waals surface area contributed by atoms with Crippen LogP contribution in [0.5, 0.6) is 0 Å². The van der Waals surface area contributed by atoms with Gasteiger partial charge in [-0.05, 0) is 24.1 Å². The van der Waals surface area contributed by atoms with E-state index in [1.54, 1.807) is 30.3 Å². The second kappa shape index (κ2) is 9.70. The van der Waals surface area contributed by atoms with Gasteiger partial charge in [-0.2, -0.15) is 4.73 Å². The molecule has 3 aromatic rings. The minimum atomic E-state index is -1.12. The van der Waals surface area contributed by atoms with Crippen LogP contribution in [0.25, 0.3) is 10.9 Å². The van der Waals surface area contributed by atoms with Gasteiger partial charge >= 0.3 is 6.09 Å². The summed E-state index contributed by atoms with van der Waals surface area (Å²) in [6.45, 7) is 0.0362. The van der Waals surface area contributed by atoms with E-state index in [2.05, 4.69) is 5.32 Å². The van der Waals surface area contributed by atoms with Crippen molar-refractivity contribution in [2.75, 3.05) is 6.54 Å². The molecule has 0 radical (unpaired) electrons. The number of halogens is 2. The Bertz CT molecular complexity index is 1260. The van der Waals surface area contributed by atoms with Crippen LogP contribution in [-0.2, 0) is 22.6 Å². The molecular formula is C23H22ClFN4O5. The van der Waals surface area contributed by atoms with Crippen molar-refractivity contribution in [2.24, 2.45) is 5.73 Å². The summed E-state index contributed by atoms with van der Waals surface area (Å²) in [5, 5.41) is 13.6. The zero-order valence-corrected chi connectivity index (χ0v) is 18.7. The number of amides is 3. The highest BCUT2D eigenvalue weighted by atomic mass is 35.5. The Morgan fingerprint density at radius 1 is 1.18 bits per heavy atom. The van der Waals surface area contributed by atoms with Gasteiger partial charge in [0.2, 0.25) is 11.8 Å². The van der Waals surface area contributed by atoms with Gasteiger partial charge in [-0.3, -0.25) is 9.59 Å². The van der Waals surface area contributed by atoms with E-state index in [1.165, 1.54) is 28.0 Å². The monoisotopic (exact) mass is 488 g/mol. The first kappa shape index (κ1) is 23.5. The Balaban J connectivity index is 1.50. The number of benzene rings is 2. The maximum atomic E-state index is 14.1. The number of fused-ring (bicyclic) bond motifs is 1. The lowest BCUT2D eigenvalue weighted by atomic mass is 10.1. The molecule has 178 valence electrons. The van der Waals surface area contributed by atoms with Crippen molar-refractivity contribution in [3.63, 3.8) is 0 Å². The number of rotatable bonds is 6. The third-order valence-corrected chi connectivity index (χ3v) is 6.02. The fourth-order valence-electron chi connectivity index (χ4n) is 4.14. The number of carbonyl (C=O) groups excluding carboxylic acids is 3. The van der Waals surface area contributed by atoms with Crippen LogP contribution in [0.3, 0.4) is 0 Å². The molecule has 0 bridgehead atoms. The molecule has 1 aliphatic rings. The van der Waals surface area contributed by atoms with E-state index in [9.17, 15) is 23.9 Å². The molecule has 3 amide bonds. The molecule has 4 rings (SSSR count). The molecule has 0 unspecified atom stereocenters. The first-order chi connectivity index (χ1) is 16.3. The van der Waals surface area contributed by atoms with Crippen molar-refractivity contribution in [1.29, 1.82) is 0 Å². The highest BCUT2D eigenvalue weighted by Crippen LogP contribution is 2.25. The number of nitrogens with one attached hydrogen (secondary N) is 1. The van der Waals surface area contributed by atoms with Crippen molar-refractivity contribution in [3.05, 3.63) is 70.6 Å². The summed E-state index contributed by atoms with van der Waals surface area (Å²) in [4.78, 5) is 43.5. The van der Waals surface area contributed by atoms with Gasteiger partial charge in [0.15, 0.2) is 0 Å². The van der Waals surface area contributed by atoms with Crippen LogP contribution >= 0.6 is 11.6 Å². The molecule has 1 fully saturated rings. The summed E-state index contributed by atoms with van der Waals surface area (Å²) < 4.78 is 15.3. The molecule has 0 aliphatic carbocycles. The molecular weight excluding hydrogens is 467 g/mol. The van der Waals surface area contributed by atoms with E-state index in [0.29, 0.717) is 16.5 Å². The number of carbonyl (C=O) groups is 3. The van der Waals surface area contributed by atoms with Crippen LogP contribution in [0.4, 0.5) is 9.18 Å². The molecule has 4 N–H and O–H groups in total. The summed E-state index contributed by atoms with van der Waals surface area (Å²) in [6.07, 6.45) is -0.463. The predicted octanol–water partition coefficient (Wildman–Crippen LogP) is 1.76. The number of aliphatic hydroxyl groups excluding tert-OH is 1. The fraction of sp³-hybridized carbons (Fsp3) is 0.261. The summed E-state index contributed by atoms with van der Waals surface area (Å²) in [6, 6.07) is 10.3. The van der Waals surface area contributed by atoms with Crippen LogP contribution in [0.2, 0.25) is 5.02 Å². The lowest BCUT2D eigenvalue weighted by Crippen LogP contribution is -2.50. The van der Waals surface area contributed by atoms with Gasteiger partial charge in [-0.15, -0.1) is 0 Å². The molecule has 1 aliphatic heterocycles. The number of nitrogens with two attached hydrogens (primary N) is 1. The Morgan fingerprint density at radius 2 is 1.94 bits per heavy atom. The smallest absolute Gasteiger partial charge is 0.390 e. The maximum Gasteiger partial charge on any atom is 0.429 e. The molecule has 2 atom stereocenters. The average Bonchev–Trinajstić information content (AvgIpc) is 3.35. The summed E-state index contributed by atoms with van der Waals surface area (Å²) >= 11 is 5.78. The van der Waals surface area contributed by atoms with Gasteiger partial charge in [0.1, 0.15) is 11.9 Å². The molecule has 0 saturated carbocycles. The number of hydrogen-bond donors (Lipinski definition) is 3. The van der Waals surface area contributed by atoms with Gasteiger partial charge in [-0.1, -0.05) is 41.9 Å². The normalized spacial score (nSPS) is 17.7. The van der Waals surface area contributed by atoms with Crippen LogP contribution in [0.1, 0.15) is 17.5 Å². The van der Waals surface area contributed by atoms with E-state index in [0.717, 1.165) is 0 Å². The third-order valence-electron chi connectivity index (χ3n) is 5.73. The summed E-state index contributed by atoms with van der Waals surface area (Å²) in [5.74, 6) is -1.64. The molecule has 9 nitrogen and oxygen atoms in total. The zero-order chi connectivity index (χ0) is 24.4. The van der Waals surface area contributed by atoms with Gasteiger partial charge in [-0.25, -0.2) is 9.18 Å². The standard InChI is InChI=1S/C23H22ClFN4O5/c24-16-6-3-4-13(20(16)25)11-27-22(32)21-18(30)8-9-28(21)19(31)10-14-12-29(34-23(26)33)17-7-2-1-5-15(14)17/h1-7,12,18,21,30H,8-11H2,(H2,26,33)(H,27,32)/t18-,21+/m1/s1. The quantitative estimate of drug-likeness (QED) is 0.487. The van der Waals surface area contributed by atoms with E-state index >= 15 is 0 Å². The Morgan fingerprint density at radius 3 is 2.71 bits per heavy atom. The van der Waals surface area contributed by atoms with Crippen LogP contribution in [0, 0.1) is 5.82 Å². The van der Waals surface area contributed by atoms with Crippen LogP contribution < -0.4 is 15.9 Å². The molecule has 2 aromatic carbocycles. The Labute approximate surface area is 198 Å². The second-order valence-corrected chi connectivity index (χ2v) is 8.31. The lowest BCUT2D eigenvalue weighted by molar-refractivity contribution is -0.140. The van der Waals surface area contributed by atoms with Crippen molar-refractivity contribution in [2.45, 2.75) is 31.5 Å². The Hall–Kier alpha value is -3.63. The van der Waals surface area contributed by atoms with E-state index in [1.807, 2.05) is 0 Å². The molecule has 2 heterocycles. The van der Waals surface area contributed by atoms with Crippen molar-refractivity contribution >= 4 is 40.4 Å². The zero-order valence-electron chi connectivity index (χ0n) is 17.9. The molecule has 1 aromatic heterocycles. The molecule has 0 spiro atoms. The number of hydrogen-bond acceptors (Lipinski definition) is 5. The first-order valence-corrected chi connectivity index (χ1v) is 10.9. The fourth-order valence-corrected chi connectivity index (χ4v) is 4.33. The Kier molecular flexibility index (Phi) is 6.71. The first-order valence-electron chi connectivity index (χ1n) is 10.5. The lowest BCUT2D eigenvalue weighted by Gasteiger charge is -2.25. The number of nitrogens with zero attached hydrogens (tertiary/aromatic N) is 2. The van der Waals surface area contributed by atoms with Gasteiger partial charge < -0.3 is 25.9 Å². The molecule has 1 saturated heterocycles. The number of aliphatic hydroxyl groups is 1. The highest BCUT2D eigenvalue weighted by molar-refractivity contribution is 6.30. The van der Waals surface area contributed by atoms with Crippen molar-refractivity contribution in [1.82, 2.24) is 14.9 Å². The minimum Gasteiger partial charge on any atom is -0.390 e. The topological polar surface area (TPSA) is 127 Å². The van der Waals surface area contributed by atoms with Crippen LogP contribution in [0.15, 0.2) is 48.7 Å². The van der Waals surface area contributed by atoms with Gasteiger partial charge in [0.25, 0.3) is 0 Å². The molecule has 11 heteroatoms. The summed E-state index contributed by atoms with van der Waals surface area (Å²) in [7, 11) is 0. The second-order valence-electron chi connectivity index (χ2n) is 7.90. The number of likely N-dealkylation sites (tertiary alicyclic amines) is 1. The largest absolute Gasteiger partial charge is 0.429 e. The SMILES string of the molecule is NC(=O)On1cc(CC(=O)N2CC[C@@H](O)[C@H]2C(=O)NCc2cccc(Cl)c2F)c2ccccc21. The van der Waals surface area contributed by atoms with E-state index < -0.39 is 35.9 Å². The summed E-state index contributed by atoms with van der Waals surface area (Å²) in [5.41, 5.74) is 6.41. The van der Waals surface area contributed by atoms with E-state index in [-0.39, 0.29) is 36.5 Å².